The van der Waals surface area contributed by atoms with Gasteiger partial charge < -0.3 is 4.90 Å². The van der Waals surface area contributed by atoms with Gasteiger partial charge in [-0.3, -0.25) is 4.79 Å². The van der Waals surface area contributed by atoms with Crippen LogP contribution in [-0.4, -0.2) is 39.9 Å². The standard InChI is InChI=1S/C17H28N2O3S/c1-5-19(6-2)13-7-8-14(3)18-23(21,22)17-11-9-16(10-12-17)15(4)20/h9-12,14,18H,5-8,13H2,1-4H3/p+1/t14-/m0/s1. The zero-order chi connectivity index (χ0) is 17.5. The lowest BCUT2D eigenvalue weighted by Crippen LogP contribution is -3.11. The quantitative estimate of drug-likeness (QED) is 0.630. The molecule has 1 rings (SSSR count). The average Bonchev–Trinajstić information content (AvgIpc) is 2.51. The first-order chi connectivity index (χ1) is 10.8. The Labute approximate surface area is 140 Å². The number of carbonyl (C=O) groups is 1. The predicted octanol–water partition coefficient (Wildman–Crippen LogP) is 1.26. The van der Waals surface area contributed by atoms with Crippen LogP contribution in [0.15, 0.2) is 29.2 Å². The topological polar surface area (TPSA) is 67.7 Å². The van der Waals surface area contributed by atoms with E-state index in [0.717, 1.165) is 32.5 Å². The molecule has 0 saturated carbocycles. The number of Topliss-reactive ketones (excluding diaryl/α,β-unsaturated/α-hetero) is 1. The normalized spacial score (nSPS) is 13.3. The second-order valence-electron chi connectivity index (χ2n) is 5.95. The van der Waals surface area contributed by atoms with E-state index in [-0.39, 0.29) is 16.7 Å². The maximum atomic E-state index is 12.3. The van der Waals surface area contributed by atoms with Gasteiger partial charge in [0.15, 0.2) is 5.78 Å². The van der Waals surface area contributed by atoms with Gasteiger partial charge in [0, 0.05) is 11.6 Å². The van der Waals surface area contributed by atoms with E-state index >= 15 is 0 Å². The summed E-state index contributed by atoms with van der Waals surface area (Å²) >= 11 is 0. The lowest BCUT2D eigenvalue weighted by molar-refractivity contribution is -0.896. The van der Waals surface area contributed by atoms with Crippen molar-refractivity contribution in [1.82, 2.24) is 4.72 Å². The molecule has 1 aromatic carbocycles. The lowest BCUT2D eigenvalue weighted by Gasteiger charge is -2.18. The summed E-state index contributed by atoms with van der Waals surface area (Å²) in [6, 6.07) is 5.94. The number of nitrogens with one attached hydrogen (secondary N) is 2. The van der Waals surface area contributed by atoms with Gasteiger partial charge in [-0.15, -0.1) is 0 Å². The summed E-state index contributed by atoms with van der Waals surface area (Å²) < 4.78 is 27.4. The smallest absolute Gasteiger partial charge is 0.240 e. The van der Waals surface area contributed by atoms with Crippen molar-refractivity contribution >= 4 is 15.8 Å². The van der Waals surface area contributed by atoms with Crippen LogP contribution in [-0.2, 0) is 10.0 Å². The lowest BCUT2D eigenvalue weighted by atomic mass is 10.2. The van der Waals surface area contributed by atoms with Crippen LogP contribution in [0.25, 0.3) is 0 Å². The van der Waals surface area contributed by atoms with E-state index < -0.39 is 10.0 Å². The Morgan fingerprint density at radius 2 is 1.74 bits per heavy atom. The third-order valence-electron chi connectivity index (χ3n) is 4.09. The summed E-state index contributed by atoms with van der Waals surface area (Å²) in [5, 5.41) is 0. The number of sulfonamides is 1. The van der Waals surface area contributed by atoms with Gasteiger partial charge in [-0.2, -0.15) is 0 Å². The SMILES string of the molecule is CC[NH+](CC)CCC[C@H](C)NS(=O)(=O)c1ccc(C(C)=O)cc1. The van der Waals surface area contributed by atoms with Gasteiger partial charge >= 0.3 is 0 Å². The van der Waals surface area contributed by atoms with Crippen LogP contribution < -0.4 is 9.62 Å². The fourth-order valence-electron chi connectivity index (χ4n) is 2.52. The Morgan fingerprint density at radius 3 is 2.22 bits per heavy atom. The summed E-state index contributed by atoms with van der Waals surface area (Å²) in [7, 11) is -3.53. The van der Waals surface area contributed by atoms with E-state index in [2.05, 4.69) is 18.6 Å². The number of benzene rings is 1. The maximum Gasteiger partial charge on any atom is 0.240 e. The average molecular weight is 341 g/mol. The molecule has 1 aromatic rings. The number of carbonyl (C=O) groups excluding carboxylic acids is 1. The highest BCUT2D eigenvalue weighted by Crippen LogP contribution is 2.12. The van der Waals surface area contributed by atoms with Crippen molar-refractivity contribution in [3.8, 4) is 0 Å². The fourth-order valence-corrected chi connectivity index (χ4v) is 3.80. The van der Waals surface area contributed by atoms with Crippen molar-refractivity contribution in [2.24, 2.45) is 0 Å². The number of hydrogen-bond donors (Lipinski definition) is 2. The van der Waals surface area contributed by atoms with Crippen LogP contribution in [0.1, 0.15) is 50.9 Å². The minimum Gasteiger partial charge on any atom is -0.335 e. The molecule has 0 saturated heterocycles. The Bertz CT molecular complexity index is 593. The van der Waals surface area contributed by atoms with Crippen LogP contribution in [0.4, 0.5) is 0 Å². The van der Waals surface area contributed by atoms with Crippen LogP contribution in [0, 0.1) is 0 Å². The zero-order valence-electron chi connectivity index (χ0n) is 14.6. The molecule has 0 aliphatic heterocycles. The number of quaternary nitrogens is 1. The van der Waals surface area contributed by atoms with Crippen molar-refractivity contribution in [3.63, 3.8) is 0 Å². The van der Waals surface area contributed by atoms with Crippen molar-refractivity contribution in [2.45, 2.75) is 51.5 Å². The largest absolute Gasteiger partial charge is 0.335 e. The molecule has 0 aromatic heterocycles. The summed E-state index contributed by atoms with van der Waals surface area (Å²) in [6.45, 7) is 10.9. The summed E-state index contributed by atoms with van der Waals surface area (Å²) in [5.41, 5.74) is 0.513. The molecular formula is C17H29N2O3S+. The van der Waals surface area contributed by atoms with Gasteiger partial charge in [-0.05, 0) is 52.7 Å². The van der Waals surface area contributed by atoms with Gasteiger partial charge in [-0.1, -0.05) is 12.1 Å². The van der Waals surface area contributed by atoms with Gasteiger partial charge in [-0.25, -0.2) is 13.1 Å². The van der Waals surface area contributed by atoms with Gasteiger partial charge in [0.1, 0.15) is 0 Å². The first kappa shape index (κ1) is 19.8. The van der Waals surface area contributed by atoms with Crippen LogP contribution >= 0.6 is 0 Å². The molecular weight excluding hydrogens is 312 g/mol. The van der Waals surface area contributed by atoms with E-state index in [1.165, 1.54) is 24.0 Å². The van der Waals surface area contributed by atoms with Crippen molar-refractivity contribution < 1.29 is 18.1 Å². The molecule has 0 unspecified atom stereocenters. The molecule has 0 spiro atoms. The Balaban J connectivity index is 2.58. The van der Waals surface area contributed by atoms with E-state index in [4.69, 9.17) is 0 Å². The third-order valence-corrected chi connectivity index (χ3v) is 5.70. The highest BCUT2D eigenvalue weighted by Gasteiger charge is 2.17. The van der Waals surface area contributed by atoms with Crippen molar-refractivity contribution in [1.29, 1.82) is 0 Å². The molecule has 0 heterocycles. The summed E-state index contributed by atoms with van der Waals surface area (Å²) in [5.74, 6) is -0.0748. The van der Waals surface area contributed by atoms with Crippen LogP contribution in [0.5, 0.6) is 0 Å². The van der Waals surface area contributed by atoms with Crippen molar-refractivity contribution in [3.05, 3.63) is 29.8 Å². The van der Waals surface area contributed by atoms with E-state index in [1.54, 1.807) is 12.1 Å². The Morgan fingerprint density at radius 1 is 1.17 bits per heavy atom. The molecule has 5 nitrogen and oxygen atoms in total. The van der Waals surface area contributed by atoms with Crippen LogP contribution in [0.2, 0.25) is 0 Å². The second-order valence-corrected chi connectivity index (χ2v) is 7.67. The minimum atomic E-state index is -3.53. The van der Waals surface area contributed by atoms with E-state index in [0.29, 0.717) is 5.56 Å². The molecule has 2 N–H and O–H groups in total. The van der Waals surface area contributed by atoms with E-state index in [1.807, 2.05) is 6.92 Å². The minimum absolute atomic E-state index is 0.0748. The Hall–Kier alpha value is -1.24. The molecule has 0 amide bonds. The maximum absolute atomic E-state index is 12.3. The molecule has 23 heavy (non-hydrogen) atoms. The highest BCUT2D eigenvalue weighted by atomic mass is 32.2. The number of hydrogen-bond acceptors (Lipinski definition) is 3. The molecule has 130 valence electrons. The molecule has 0 fully saturated rings. The molecule has 0 radical (unpaired) electrons. The Kier molecular flexibility index (Phi) is 7.88. The second kappa shape index (κ2) is 9.15. The van der Waals surface area contributed by atoms with Crippen molar-refractivity contribution in [2.75, 3.05) is 19.6 Å². The molecule has 0 aliphatic rings. The predicted molar refractivity (Wildman–Crippen MR) is 92.4 cm³/mol. The monoisotopic (exact) mass is 341 g/mol. The first-order valence-electron chi connectivity index (χ1n) is 8.27. The number of rotatable bonds is 10. The molecule has 0 bridgehead atoms. The summed E-state index contributed by atoms with van der Waals surface area (Å²) in [4.78, 5) is 13.0. The van der Waals surface area contributed by atoms with Gasteiger partial charge in [0.05, 0.1) is 24.5 Å². The highest BCUT2D eigenvalue weighted by molar-refractivity contribution is 7.89. The fraction of sp³-hybridized carbons (Fsp3) is 0.588. The zero-order valence-corrected chi connectivity index (χ0v) is 15.4. The summed E-state index contributed by atoms with van der Waals surface area (Å²) in [6.07, 6.45) is 1.80. The van der Waals surface area contributed by atoms with Gasteiger partial charge in [0.25, 0.3) is 0 Å². The molecule has 1 atom stereocenters. The number of ketones is 1. The van der Waals surface area contributed by atoms with Crippen LogP contribution in [0.3, 0.4) is 0 Å². The van der Waals surface area contributed by atoms with E-state index in [9.17, 15) is 13.2 Å². The first-order valence-corrected chi connectivity index (χ1v) is 9.75. The molecule has 0 aliphatic carbocycles. The third kappa shape index (κ3) is 6.41. The molecule has 6 heteroatoms. The van der Waals surface area contributed by atoms with Gasteiger partial charge in [0.2, 0.25) is 10.0 Å².